The molecule has 0 saturated carbocycles. The van der Waals surface area contributed by atoms with Crippen LogP contribution in [0.2, 0.25) is 5.02 Å². The average Bonchev–Trinajstić information content (AvgIpc) is 3.21. The number of imidazole rings is 1. The van der Waals surface area contributed by atoms with Gasteiger partial charge in [-0.3, -0.25) is 9.78 Å². The standard InChI is InChI=1S/C27H29ClN4O2/c1-18-16-21(17-19(2)25(18)28)34-15-9-8-14-32-24-12-5-4-10-22(24)31-26(32)20(3)30-27(33)23-11-6-7-13-29-23/h4-7,10-13,16-17,20H,8-9,14-15H2,1-3H3,(H,30,33). The van der Waals surface area contributed by atoms with Gasteiger partial charge in [0.15, 0.2) is 0 Å². The fourth-order valence-electron chi connectivity index (χ4n) is 4.04. The number of hydrogen-bond acceptors (Lipinski definition) is 4. The molecule has 176 valence electrons. The zero-order chi connectivity index (χ0) is 24.1. The van der Waals surface area contributed by atoms with Crippen LogP contribution in [0.1, 0.15) is 53.2 Å². The first-order valence-corrected chi connectivity index (χ1v) is 11.9. The van der Waals surface area contributed by atoms with E-state index in [9.17, 15) is 4.79 Å². The number of aromatic nitrogens is 3. The molecule has 2 aromatic heterocycles. The van der Waals surface area contributed by atoms with E-state index in [2.05, 4.69) is 20.9 Å². The summed E-state index contributed by atoms with van der Waals surface area (Å²) in [4.78, 5) is 21.6. The van der Waals surface area contributed by atoms with Gasteiger partial charge in [-0.2, -0.15) is 0 Å². The number of hydrogen-bond donors (Lipinski definition) is 1. The maximum atomic E-state index is 12.6. The van der Waals surface area contributed by atoms with E-state index in [-0.39, 0.29) is 11.9 Å². The molecular weight excluding hydrogens is 448 g/mol. The van der Waals surface area contributed by atoms with Crippen molar-refractivity contribution in [1.82, 2.24) is 19.9 Å². The van der Waals surface area contributed by atoms with Crippen LogP contribution < -0.4 is 10.1 Å². The summed E-state index contributed by atoms with van der Waals surface area (Å²) < 4.78 is 8.15. The van der Waals surface area contributed by atoms with Gasteiger partial charge in [-0.1, -0.05) is 29.8 Å². The van der Waals surface area contributed by atoms with Crippen molar-refractivity contribution in [2.75, 3.05) is 6.61 Å². The number of benzene rings is 2. The molecule has 34 heavy (non-hydrogen) atoms. The van der Waals surface area contributed by atoms with Crippen molar-refractivity contribution in [3.05, 3.63) is 88.5 Å². The molecule has 0 aliphatic heterocycles. The van der Waals surface area contributed by atoms with Crippen LogP contribution in [-0.4, -0.2) is 27.0 Å². The van der Waals surface area contributed by atoms with E-state index in [0.717, 1.165) is 58.1 Å². The Kier molecular flexibility index (Phi) is 7.48. The lowest BCUT2D eigenvalue weighted by atomic mass is 10.1. The number of nitrogens with zero attached hydrogens (tertiary/aromatic N) is 3. The van der Waals surface area contributed by atoms with Crippen molar-refractivity contribution < 1.29 is 9.53 Å². The second-order valence-electron chi connectivity index (χ2n) is 8.45. The molecule has 0 aliphatic rings. The molecule has 1 atom stereocenters. The van der Waals surface area contributed by atoms with E-state index in [1.54, 1.807) is 24.4 Å². The van der Waals surface area contributed by atoms with Crippen LogP contribution in [0.4, 0.5) is 0 Å². The highest BCUT2D eigenvalue weighted by Crippen LogP contribution is 2.26. The van der Waals surface area contributed by atoms with E-state index in [1.165, 1.54) is 0 Å². The van der Waals surface area contributed by atoms with Gasteiger partial charge < -0.3 is 14.6 Å². The zero-order valence-corrected chi connectivity index (χ0v) is 20.5. The predicted octanol–water partition coefficient (Wildman–Crippen LogP) is 6.05. The minimum atomic E-state index is -0.266. The number of para-hydroxylation sites is 2. The molecule has 1 amide bonds. The minimum Gasteiger partial charge on any atom is -0.494 e. The van der Waals surface area contributed by atoms with Gasteiger partial charge in [0.1, 0.15) is 17.3 Å². The zero-order valence-electron chi connectivity index (χ0n) is 19.7. The Hall–Kier alpha value is -3.38. The fourth-order valence-corrected chi connectivity index (χ4v) is 4.15. The highest BCUT2D eigenvalue weighted by Gasteiger charge is 2.19. The molecule has 0 aliphatic carbocycles. The molecule has 6 nitrogen and oxygen atoms in total. The quantitative estimate of drug-likeness (QED) is 0.298. The lowest BCUT2D eigenvalue weighted by Gasteiger charge is -2.16. The van der Waals surface area contributed by atoms with E-state index < -0.39 is 0 Å². The number of halogens is 1. The number of unbranched alkanes of at least 4 members (excludes halogenated alkanes) is 1. The second kappa shape index (κ2) is 10.7. The number of amides is 1. The summed E-state index contributed by atoms with van der Waals surface area (Å²) in [6, 6.07) is 17.0. The van der Waals surface area contributed by atoms with Gasteiger partial charge in [0.25, 0.3) is 5.91 Å². The molecule has 0 fully saturated rings. The Bertz CT molecular complexity index is 1260. The Morgan fingerprint density at radius 3 is 2.56 bits per heavy atom. The summed E-state index contributed by atoms with van der Waals surface area (Å²) in [5, 5.41) is 3.82. The van der Waals surface area contributed by atoms with Gasteiger partial charge >= 0.3 is 0 Å². The monoisotopic (exact) mass is 476 g/mol. The smallest absolute Gasteiger partial charge is 0.270 e. The van der Waals surface area contributed by atoms with Gasteiger partial charge in [0, 0.05) is 17.8 Å². The van der Waals surface area contributed by atoms with Gasteiger partial charge in [-0.15, -0.1) is 0 Å². The van der Waals surface area contributed by atoms with E-state index in [0.29, 0.717) is 12.3 Å². The lowest BCUT2D eigenvalue weighted by Crippen LogP contribution is -2.29. The summed E-state index contributed by atoms with van der Waals surface area (Å²) in [5.74, 6) is 1.46. The number of nitrogens with one attached hydrogen (secondary N) is 1. The molecule has 1 N–H and O–H groups in total. The maximum Gasteiger partial charge on any atom is 0.270 e. The Balaban J connectivity index is 1.41. The molecule has 2 heterocycles. The normalized spacial score (nSPS) is 12.0. The van der Waals surface area contributed by atoms with Crippen LogP contribution in [0.25, 0.3) is 11.0 Å². The van der Waals surface area contributed by atoms with Crippen LogP contribution >= 0.6 is 11.6 Å². The highest BCUT2D eigenvalue weighted by molar-refractivity contribution is 6.32. The Morgan fingerprint density at radius 2 is 1.82 bits per heavy atom. The molecule has 2 aromatic carbocycles. The van der Waals surface area contributed by atoms with Crippen molar-refractivity contribution in [3.8, 4) is 5.75 Å². The first kappa shape index (κ1) is 23.8. The third-order valence-electron chi connectivity index (χ3n) is 5.77. The van der Waals surface area contributed by atoms with Crippen LogP contribution in [0.5, 0.6) is 5.75 Å². The number of pyridine rings is 1. The minimum absolute atomic E-state index is 0.214. The largest absolute Gasteiger partial charge is 0.494 e. The van der Waals surface area contributed by atoms with Gasteiger partial charge in [0.05, 0.1) is 23.7 Å². The summed E-state index contributed by atoms with van der Waals surface area (Å²) in [6.45, 7) is 7.33. The molecule has 7 heteroatoms. The van der Waals surface area contributed by atoms with Crippen LogP contribution in [0.15, 0.2) is 60.8 Å². The number of carbonyl (C=O) groups excluding carboxylic acids is 1. The SMILES string of the molecule is Cc1cc(OCCCCn2c(C(C)NC(=O)c3ccccn3)nc3ccccc32)cc(C)c1Cl. The summed E-state index contributed by atoms with van der Waals surface area (Å²) >= 11 is 6.25. The van der Waals surface area contributed by atoms with Gasteiger partial charge in [-0.05, 0) is 81.1 Å². The molecule has 0 bridgehead atoms. The van der Waals surface area contributed by atoms with Crippen molar-refractivity contribution in [2.24, 2.45) is 0 Å². The molecular formula is C27H29ClN4O2. The maximum absolute atomic E-state index is 12.6. The summed E-state index contributed by atoms with van der Waals surface area (Å²) in [6.07, 6.45) is 3.42. The number of rotatable bonds is 9. The first-order chi connectivity index (χ1) is 16.4. The summed E-state index contributed by atoms with van der Waals surface area (Å²) in [7, 11) is 0. The topological polar surface area (TPSA) is 69.0 Å². The number of aryl methyl sites for hydroxylation is 3. The first-order valence-electron chi connectivity index (χ1n) is 11.5. The fraction of sp³-hybridized carbons (Fsp3) is 0.296. The molecule has 4 aromatic rings. The predicted molar refractivity (Wildman–Crippen MR) is 136 cm³/mol. The van der Waals surface area contributed by atoms with E-state index in [4.69, 9.17) is 21.3 Å². The summed E-state index contributed by atoms with van der Waals surface area (Å²) in [5.41, 5.74) is 4.41. The molecule has 0 radical (unpaired) electrons. The van der Waals surface area contributed by atoms with Gasteiger partial charge in [0.2, 0.25) is 0 Å². The van der Waals surface area contributed by atoms with Crippen molar-refractivity contribution in [3.63, 3.8) is 0 Å². The highest BCUT2D eigenvalue weighted by atomic mass is 35.5. The average molecular weight is 477 g/mol. The lowest BCUT2D eigenvalue weighted by molar-refractivity contribution is 0.0932. The van der Waals surface area contributed by atoms with E-state index >= 15 is 0 Å². The third kappa shape index (κ3) is 5.39. The van der Waals surface area contributed by atoms with Gasteiger partial charge in [-0.25, -0.2) is 4.98 Å². The van der Waals surface area contributed by atoms with Crippen molar-refractivity contribution in [1.29, 1.82) is 0 Å². The number of fused-ring (bicyclic) bond motifs is 1. The molecule has 1 unspecified atom stereocenters. The molecule has 0 saturated heterocycles. The number of carbonyl (C=O) groups is 1. The van der Waals surface area contributed by atoms with Crippen LogP contribution in [-0.2, 0) is 6.54 Å². The second-order valence-corrected chi connectivity index (χ2v) is 8.83. The molecule has 4 rings (SSSR count). The van der Waals surface area contributed by atoms with E-state index in [1.807, 2.05) is 51.1 Å². The number of ether oxygens (including phenoxy) is 1. The Labute approximate surface area is 204 Å². The molecule has 0 spiro atoms. The third-order valence-corrected chi connectivity index (χ3v) is 6.37. The van der Waals surface area contributed by atoms with Crippen LogP contribution in [0.3, 0.4) is 0 Å². The van der Waals surface area contributed by atoms with Crippen molar-refractivity contribution in [2.45, 2.75) is 46.2 Å². The Morgan fingerprint density at radius 1 is 1.09 bits per heavy atom. The van der Waals surface area contributed by atoms with Crippen molar-refractivity contribution >= 4 is 28.5 Å². The van der Waals surface area contributed by atoms with Crippen LogP contribution in [0, 0.1) is 13.8 Å².